The Hall–Kier alpha value is -1.88. The number of thiazole rings is 1. The number of carbonyl (C=O) groups excluding carboxylic acids is 1. The number of hydrogen-bond acceptors (Lipinski definition) is 4. The van der Waals surface area contributed by atoms with Crippen molar-refractivity contribution in [2.24, 2.45) is 0 Å². The summed E-state index contributed by atoms with van der Waals surface area (Å²) in [6, 6.07) is 7.55. The van der Waals surface area contributed by atoms with Crippen molar-refractivity contribution in [1.29, 1.82) is 0 Å². The predicted molar refractivity (Wildman–Crippen MR) is 79.4 cm³/mol. The molecule has 104 valence electrons. The van der Waals surface area contributed by atoms with Gasteiger partial charge in [-0.3, -0.25) is 4.79 Å². The highest BCUT2D eigenvalue weighted by atomic mass is 32.1. The zero-order valence-corrected chi connectivity index (χ0v) is 12.1. The molecule has 1 amide bonds. The second-order valence-corrected chi connectivity index (χ2v) is 5.75. The third-order valence-electron chi connectivity index (χ3n) is 3.31. The third-order valence-corrected chi connectivity index (χ3v) is 4.08. The maximum atomic E-state index is 12.0. The lowest BCUT2D eigenvalue weighted by Crippen LogP contribution is -2.14. The van der Waals surface area contributed by atoms with E-state index in [2.05, 4.69) is 10.3 Å². The fourth-order valence-corrected chi connectivity index (χ4v) is 2.90. The molecule has 0 spiro atoms. The first-order valence-electron chi connectivity index (χ1n) is 6.63. The van der Waals surface area contributed by atoms with Crippen LogP contribution in [-0.4, -0.2) is 18.0 Å². The van der Waals surface area contributed by atoms with Gasteiger partial charge in [0.2, 0.25) is 5.91 Å². The lowest BCUT2D eigenvalue weighted by atomic mass is 10.1. The van der Waals surface area contributed by atoms with E-state index in [0.29, 0.717) is 17.5 Å². The molecular weight excluding hydrogens is 272 g/mol. The van der Waals surface area contributed by atoms with Crippen molar-refractivity contribution < 1.29 is 9.53 Å². The standard InChI is InChI=1S/C15H16N2O2S/c1-19-13-5-3-2-4-11(13)8-14(18)17-15-16-12(9-20-15)10-6-7-10/h2-5,9-10H,6-8H2,1H3,(H,16,17,18). The van der Waals surface area contributed by atoms with Crippen LogP contribution in [0.25, 0.3) is 0 Å². The van der Waals surface area contributed by atoms with Crippen molar-refractivity contribution in [2.75, 3.05) is 12.4 Å². The summed E-state index contributed by atoms with van der Waals surface area (Å²) in [5, 5.41) is 5.58. The molecule has 1 fully saturated rings. The molecule has 0 bridgehead atoms. The lowest BCUT2D eigenvalue weighted by molar-refractivity contribution is -0.115. The Morgan fingerprint density at radius 2 is 2.25 bits per heavy atom. The molecule has 1 saturated carbocycles. The molecule has 0 saturated heterocycles. The minimum absolute atomic E-state index is 0.0637. The van der Waals surface area contributed by atoms with Crippen LogP contribution in [0.15, 0.2) is 29.6 Å². The Balaban J connectivity index is 1.63. The Labute approximate surface area is 121 Å². The smallest absolute Gasteiger partial charge is 0.230 e. The molecule has 0 radical (unpaired) electrons. The summed E-state index contributed by atoms with van der Waals surface area (Å²) in [5.74, 6) is 1.29. The van der Waals surface area contributed by atoms with Crippen molar-refractivity contribution in [3.63, 3.8) is 0 Å². The Bertz CT molecular complexity index is 620. The minimum Gasteiger partial charge on any atom is -0.496 e. The number of amides is 1. The molecule has 1 aliphatic carbocycles. The molecule has 1 N–H and O–H groups in total. The number of para-hydroxylation sites is 1. The van der Waals surface area contributed by atoms with Gasteiger partial charge in [-0.05, 0) is 18.9 Å². The van der Waals surface area contributed by atoms with Gasteiger partial charge in [0.05, 0.1) is 19.2 Å². The van der Waals surface area contributed by atoms with Gasteiger partial charge in [0.15, 0.2) is 5.13 Å². The van der Waals surface area contributed by atoms with Crippen LogP contribution in [0.3, 0.4) is 0 Å². The van der Waals surface area contributed by atoms with E-state index in [1.165, 1.54) is 24.2 Å². The summed E-state index contributed by atoms with van der Waals surface area (Å²) >= 11 is 1.49. The summed E-state index contributed by atoms with van der Waals surface area (Å²) in [6.45, 7) is 0. The SMILES string of the molecule is COc1ccccc1CC(=O)Nc1nc(C2CC2)cs1. The van der Waals surface area contributed by atoms with Gasteiger partial charge >= 0.3 is 0 Å². The number of hydrogen-bond donors (Lipinski definition) is 1. The summed E-state index contributed by atoms with van der Waals surface area (Å²) in [7, 11) is 1.61. The van der Waals surface area contributed by atoms with Crippen LogP contribution in [0.2, 0.25) is 0 Å². The first-order chi connectivity index (χ1) is 9.76. The van der Waals surface area contributed by atoms with Gasteiger partial charge in [0.25, 0.3) is 0 Å². The van der Waals surface area contributed by atoms with Gasteiger partial charge in [-0.15, -0.1) is 11.3 Å². The second kappa shape index (κ2) is 5.63. The van der Waals surface area contributed by atoms with Crippen molar-refractivity contribution in [1.82, 2.24) is 4.98 Å². The summed E-state index contributed by atoms with van der Waals surface area (Å²) in [4.78, 5) is 16.5. The Morgan fingerprint density at radius 3 is 3.00 bits per heavy atom. The molecule has 1 heterocycles. The van der Waals surface area contributed by atoms with Gasteiger partial charge in [-0.2, -0.15) is 0 Å². The summed E-state index contributed by atoms with van der Waals surface area (Å²) < 4.78 is 5.25. The van der Waals surface area contributed by atoms with Crippen LogP contribution in [0.1, 0.15) is 30.0 Å². The number of methoxy groups -OCH3 is 1. The van der Waals surface area contributed by atoms with E-state index in [9.17, 15) is 4.79 Å². The molecule has 1 aliphatic rings. The summed E-state index contributed by atoms with van der Waals surface area (Å²) in [6.07, 6.45) is 2.74. The maximum absolute atomic E-state index is 12.0. The zero-order valence-electron chi connectivity index (χ0n) is 11.3. The first kappa shape index (κ1) is 13.1. The first-order valence-corrected chi connectivity index (χ1v) is 7.51. The van der Waals surface area contributed by atoms with Crippen molar-refractivity contribution in [3.05, 3.63) is 40.9 Å². The van der Waals surface area contributed by atoms with Gasteiger partial charge in [0, 0.05) is 16.9 Å². The van der Waals surface area contributed by atoms with Crippen LogP contribution >= 0.6 is 11.3 Å². The largest absolute Gasteiger partial charge is 0.496 e. The average Bonchev–Trinajstić information content (AvgIpc) is 3.20. The van der Waals surface area contributed by atoms with Crippen molar-refractivity contribution in [2.45, 2.75) is 25.2 Å². The van der Waals surface area contributed by atoms with Crippen LogP contribution in [0.5, 0.6) is 5.75 Å². The average molecular weight is 288 g/mol. The van der Waals surface area contributed by atoms with Gasteiger partial charge < -0.3 is 10.1 Å². The van der Waals surface area contributed by atoms with Gasteiger partial charge in [-0.1, -0.05) is 18.2 Å². The quantitative estimate of drug-likeness (QED) is 0.919. The molecule has 3 rings (SSSR count). The van der Waals surface area contributed by atoms with Crippen molar-refractivity contribution in [3.8, 4) is 5.75 Å². The number of aromatic nitrogens is 1. The molecule has 4 nitrogen and oxygen atoms in total. The van der Waals surface area contributed by atoms with E-state index < -0.39 is 0 Å². The number of rotatable bonds is 5. The Kier molecular flexibility index (Phi) is 3.69. The summed E-state index contributed by atoms with van der Waals surface area (Å²) in [5.41, 5.74) is 1.99. The molecule has 1 aromatic heterocycles. The van der Waals surface area contributed by atoms with E-state index in [4.69, 9.17) is 4.74 Å². The third kappa shape index (κ3) is 2.99. The van der Waals surface area contributed by atoms with Crippen LogP contribution in [0.4, 0.5) is 5.13 Å². The highest BCUT2D eigenvalue weighted by molar-refractivity contribution is 7.13. The Morgan fingerprint density at radius 1 is 1.45 bits per heavy atom. The minimum atomic E-state index is -0.0637. The van der Waals surface area contributed by atoms with E-state index in [-0.39, 0.29) is 5.91 Å². The molecule has 0 atom stereocenters. The van der Waals surface area contributed by atoms with Gasteiger partial charge in [-0.25, -0.2) is 4.98 Å². The number of ether oxygens (including phenoxy) is 1. The normalized spacial score (nSPS) is 14.1. The lowest BCUT2D eigenvalue weighted by Gasteiger charge is -2.07. The van der Waals surface area contributed by atoms with E-state index >= 15 is 0 Å². The van der Waals surface area contributed by atoms with Crippen LogP contribution < -0.4 is 10.1 Å². The molecular formula is C15H16N2O2S. The second-order valence-electron chi connectivity index (χ2n) is 4.89. The van der Waals surface area contributed by atoms with E-state index in [1.54, 1.807) is 7.11 Å². The molecule has 20 heavy (non-hydrogen) atoms. The molecule has 5 heteroatoms. The van der Waals surface area contributed by atoms with E-state index in [0.717, 1.165) is 17.0 Å². The van der Waals surface area contributed by atoms with Crippen molar-refractivity contribution >= 4 is 22.4 Å². The highest BCUT2D eigenvalue weighted by Crippen LogP contribution is 2.40. The predicted octanol–water partition coefficient (Wildman–Crippen LogP) is 3.21. The monoisotopic (exact) mass is 288 g/mol. The zero-order chi connectivity index (χ0) is 13.9. The fraction of sp³-hybridized carbons (Fsp3) is 0.333. The fourth-order valence-electron chi connectivity index (χ4n) is 2.10. The molecule has 2 aromatic rings. The van der Waals surface area contributed by atoms with Crippen LogP contribution in [0, 0.1) is 0 Å². The molecule has 0 aliphatic heterocycles. The number of benzene rings is 1. The number of anilines is 1. The number of nitrogens with one attached hydrogen (secondary N) is 1. The number of nitrogens with zero attached hydrogens (tertiary/aromatic N) is 1. The maximum Gasteiger partial charge on any atom is 0.230 e. The van der Waals surface area contributed by atoms with Crippen LogP contribution in [-0.2, 0) is 11.2 Å². The molecule has 0 unspecified atom stereocenters. The number of carbonyl (C=O) groups is 1. The van der Waals surface area contributed by atoms with E-state index in [1.807, 2.05) is 29.6 Å². The highest BCUT2D eigenvalue weighted by Gasteiger charge is 2.26. The molecule has 1 aromatic carbocycles. The topological polar surface area (TPSA) is 51.2 Å². The van der Waals surface area contributed by atoms with Gasteiger partial charge in [0.1, 0.15) is 5.75 Å².